The third kappa shape index (κ3) is 17.7. The van der Waals surface area contributed by atoms with Gasteiger partial charge >= 0.3 is 11.9 Å². The van der Waals surface area contributed by atoms with Crippen LogP contribution in [0.3, 0.4) is 0 Å². The van der Waals surface area contributed by atoms with Gasteiger partial charge in [-0.3, -0.25) is 9.59 Å². The molecule has 12 heteroatoms. The summed E-state index contributed by atoms with van der Waals surface area (Å²) in [6, 6.07) is 10.2. The normalized spacial score (nSPS) is 11.4. The molecule has 1 aromatic carbocycles. The van der Waals surface area contributed by atoms with Crippen LogP contribution >= 0.6 is 0 Å². The van der Waals surface area contributed by atoms with Crippen molar-refractivity contribution < 1.29 is 47.9 Å². The van der Waals surface area contributed by atoms with E-state index in [4.69, 9.17) is 39.3 Å². The fourth-order valence-corrected chi connectivity index (χ4v) is 3.08. The van der Waals surface area contributed by atoms with Crippen molar-refractivity contribution >= 4 is 17.8 Å². The number of carbonyl (C=O) groups is 3. The summed E-state index contributed by atoms with van der Waals surface area (Å²) < 4.78 is 30.7. The van der Waals surface area contributed by atoms with Crippen molar-refractivity contribution in [1.82, 2.24) is 4.98 Å². The first-order valence-corrected chi connectivity index (χ1v) is 13.9. The van der Waals surface area contributed by atoms with E-state index in [1.54, 1.807) is 38.1 Å². The number of ether oxygens (including phenoxy) is 6. The zero-order valence-electron chi connectivity index (χ0n) is 25.5. The van der Waals surface area contributed by atoms with E-state index in [-0.39, 0.29) is 42.0 Å². The Morgan fingerprint density at radius 3 is 2.21 bits per heavy atom. The minimum atomic E-state index is -0.778. The zero-order valence-corrected chi connectivity index (χ0v) is 25.5. The highest BCUT2D eigenvalue weighted by molar-refractivity contribution is 5.94. The Balaban J connectivity index is 0.000000667. The predicted octanol–water partition coefficient (Wildman–Crippen LogP) is 4.42. The molecular formula is C30H46N2O10. The Bertz CT molecular complexity index is 1020. The molecule has 12 nitrogen and oxygen atoms in total. The quantitative estimate of drug-likeness (QED) is 0.209. The van der Waals surface area contributed by atoms with Crippen molar-refractivity contribution in [2.75, 3.05) is 33.7 Å². The van der Waals surface area contributed by atoms with Crippen molar-refractivity contribution in [3.8, 4) is 17.2 Å². The second kappa shape index (κ2) is 23.8. The molecule has 0 fully saturated rings. The Kier molecular flexibility index (Phi) is 21.6. The lowest BCUT2D eigenvalue weighted by Gasteiger charge is -2.20. The van der Waals surface area contributed by atoms with E-state index in [1.165, 1.54) is 19.4 Å². The number of aromatic nitrogens is 1. The standard InChI is InChI=1S/C12H16N2O6.C12H24O3.C6H6O/c1-3-18-6-9(15)19-7-20-11-8(17-2)4-5-14-10(11)12(13)16;1-5-8-14-11(6-2)9-10(4)15-12(13)7-3;7-6-4-2-1-3-5-6/h4-5H,3,6-7H2,1-2H3,(H2,13,16);10-11H,5-9H2,1-4H3;1-5,7H. The van der Waals surface area contributed by atoms with Crippen LogP contribution in [0.5, 0.6) is 17.2 Å². The van der Waals surface area contributed by atoms with Crippen LogP contribution in [-0.2, 0) is 28.5 Å². The van der Waals surface area contributed by atoms with Crippen molar-refractivity contribution in [2.24, 2.45) is 5.73 Å². The number of aromatic hydroxyl groups is 1. The van der Waals surface area contributed by atoms with E-state index in [9.17, 15) is 14.4 Å². The molecule has 2 atom stereocenters. The molecule has 0 aliphatic heterocycles. The molecule has 3 N–H and O–H groups in total. The van der Waals surface area contributed by atoms with Gasteiger partial charge in [-0.2, -0.15) is 0 Å². The van der Waals surface area contributed by atoms with E-state index in [1.807, 2.05) is 13.0 Å². The number of phenols is 1. The van der Waals surface area contributed by atoms with Gasteiger partial charge in [0.15, 0.2) is 17.2 Å². The molecule has 1 amide bonds. The fourth-order valence-electron chi connectivity index (χ4n) is 3.08. The molecule has 1 heterocycles. The van der Waals surface area contributed by atoms with Gasteiger partial charge in [-0.1, -0.05) is 39.0 Å². The summed E-state index contributed by atoms with van der Waals surface area (Å²) in [6.07, 6.45) is 4.75. The SMILES string of the molecule is CCCOC(CC)CC(C)OC(=O)CC.CCOCC(=O)OCOc1c(OC)ccnc1C(N)=O.Oc1ccccc1. The molecule has 2 aromatic rings. The first kappa shape index (κ1) is 38.1. The summed E-state index contributed by atoms with van der Waals surface area (Å²) in [5, 5.41) is 8.63. The first-order valence-electron chi connectivity index (χ1n) is 13.9. The summed E-state index contributed by atoms with van der Waals surface area (Å²) >= 11 is 0. The Labute approximate surface area is 248 Å². The highest BCUT2D eigenvalue weighted by Crippen LogP contribution is 2.29. The van der Waals surface area contributed by atoms with E-state index in [0.29, 0.717) is 18.8 Å². The molecule has 0 saturated carbocycles. The van der Waals surface area contributed by atoms with Gasteiger partial charge in [0.1, 0.15) is 18.5 Å². The average Bonchev–Trinajstić information content (AvgIpc) is 2.99. The number of benzene rings is 1. The van der Waals surface area contributed by atoms with Crippen molar-refractivity contribution in [1.29, 1.82) is 0 Å². The monoisotopic (exact) mass is 594 g/mol. The van der Waals surface area contributed by atoms with E-state index >= 15 is 0 Å². The summed E-state index contributed by atoms with van der Waals surface area (Å²) in [5.41, 5.74) is 5.06. The maximum Gasteiger partial charge on any atom is 0.334 e. The van der Waals surface area contributed by atoms with E-state index in [2.05, 4.69) is 18.8 Å². The molecule has 42 heavy (non-hydrogen) atoms. The number of phenolic OH excluding ortho intramolecular Hbond substituents is 1. The predicted molar refractivity (Wildman–Crippen MR) is 156 cm³/mol. The lowest BCUT2D eigenvalue weighted by molar-refractivity contribution is -0.155. The highest BCUT2D eigenvalue weighted by atomic mass is 16.7. The van der Waals surface area contributed by atoms with Gasteiger partial charge in [0.25, 0.3) is 5.91 Å². The topological polar surface area (TPSA) is 166 Å². The number of methoxy groups -OCH3 is 1. The lowest BCUT2D eigenvalue weighted by Crippen LogP contribution is -2.23. The second-order valence-corrected chi connectivity index (χ2v) is 8.60. The van der Waals surface area contributed by atoms with Gasteiger partial charge in [-0.05, 0) is 38.8 Å². The van der Waals surface area contributed by atoms with Crippen LogP contribution in [0.1, 0.15) is 70.8 Å². The maximum absolute atomic E-state index is 11.2. The number of nitrogens with zero attached hydrogens (tertiary/aromatic N) is 1. The minimum absolute atomic E-state index is 0.0201. The van der Waals surface area contributed by atoms with Gasteiger partial charge in [0, 0.05) is 38.3 Å². The number of hydrogen-bond donors (Lipinski definition) is 2. The summed E-state index contributed by atoms with van der Waals surface area (Å²) in [5.74, 6) is -0.897. The zero-order chi connectivity index (χ0) is 31.8. The van der Waals surface area contributed by atoms with Crippen LogP contribution in [0.2, 0.25) is 0 Å². The molecule has 2 unspecified atom stereocenters. The molecule has 236 valence electrons. The maximum atomic E-state index is 11.2. The average molecular weight is 595 g/mol. The van der Waals surface area contributed by atoms with Crippen LogP contribution in [0.15, 0.2) is 42.6 Å². The van der Waals surface area contributed by atoms with Crippen molar-refractivity contribution in [3.63, 3.8) is 0 Å². The molecule has 0 aliphatic carbocycles. The van der Waals surface area contributed by atoms with Gasteiger partial charge in [0.05, 0.1) is 13.2 Å². The largest absolute Gasteiger partial charge is 0.508 e. The summed E-state index contributed by atoms with van der Waals surface area (Å²) in [7, 11) is 1.40. The fraction of sp³-hybridized carbons (Fsp3) is 0.533. The number of esters is 2. The van der Waals surface area contributed by atoms with Crippen LogP contribution in [0, 0.1) is 0 Å². The number of rotatable bonds is 16. The smallest absolute Gasteiger partial charge is 0.334 e. The third-order valence-electron chi connectivity index (χ3n) is 5.15. The number of pyridine rings is 1. The van der Waals surface area contributed by atoms with Gasteiger partial charge < -0.3 is 39.3 Å². The molecule has 0 spiro atoms. The van der Waals surface area contributed by atoms with Gasteiger partial charge in [0.2, 0.25) is 6.79 Å². The van der Waals surface area contributed by atoms with E-state index in [0.717, 1.165) is 25.9 Å². The number of primary amides is 1. The molecule has 2 rings (SSSR count). The Hall–Kier alpha value is -3.90. The van der Waals surface area contributed by atoms with E-state index < -0.39 is 18.7 Å². The molecule has 0 aliphatic rings. The number of amides is 1. The number of para-hydroxylation sites is 1. The van der Waals surface area contributed by atoms with Crippen LogP contribution in [0.4, 0.5) is 0 Å². The lowest BCUT2D eigenvalue weighted by atomic mass is 10.1. The minimum Gasteiger partial charge on any atom is -0.508 e. The first-order chi connectivity index (χ1) is 20.1. The van der Waals surface area contributed by atoms with Gasteiger partial charge in [-0.25, -0.2) is 9.78 Å². The summed E-state index contributed by atoms with van der Waals surface area (Å²) in [6.45, 7) is 10.3. The molecule has 0 radical (unpaired) electrons. The molecular weight excluding hydrogens is 548 g/mol. The van der Waals surface area contributed by atoms with Gasteiger partial charge in [-0.15, -0.1) is 0 Å². The van der Waals surface area contributed by atoms with Crippen molar-refractivity contribution in [2.45, 2.75) is 72.5 Å². The molecule has 0 bridgehead atoms. The van der Waals surface area contributed by atoms with Crippen molar-refractivity contribution in [3.05, 3.63) is 48.3 Å². The third-order valence-corrected chi connectivity index (χ3v) is 5.15. The Morgan fingerprint density at radius 1 is 1.02 bits per heavy atom. The number of carbonyl (C=O) groups excluding carboxylic acids is 3. The van der Waals surface area contributed by atoms with Crippen LogP contribution in [0.25, 0.3) is 0 Å². The number of hydrogen-bond acceptors (Lipinski definition) is 11. The molecule has 1 aromatic heterocycles. The van der Waals surface area contributed by atoms with Crippen LogP contribution in [-0.4, -0.2) is 73.9 Å². The molecule has 0 saturated heterocycles. The van der Waals surface area contributed by atoms with Crippen LogP contribution < -0.4 is 15.2 Å². The Morgan fingerprint density at radius 2 is 1.71 bits per heavy atom. The number of nitrogens with two attached hydrogens (primary N) is 1. The highest BCUT2D eigenvalue weighted by Gasteiger charge is 2.17. The summed E-state index contributed by atoms with van der Waals surface area (Å²) in [4.78, 5) is 37.3. The second-order valence-electron chi connectivity index (χ2n) is 8.60.